The molecule has 0 aliphatic carbocycles. The van der Waals surface area contributed by atoms with Gasteiger partial charge in [0.25, 0.3) is 0 Å². The molecule has 2 heterocycles. The highest BCUT2D eigenvalue weighted by atomic mass is 32.1. The molecule has 5 nitrogen and oxygen atoms in total. The molecule has 0 aromatic carbocycles. The standard InChI is InChI=1S/C11H20N4OS/c1-9-7-14(3-4-15(9)5-6-16)8-11-13-12-10(2)17-11/h9,16H,3-8H2,1-2H3. The second kappa shape index (κ2) is 5.86. The van der Waals surface area contributed by atoms with Gasteiger partial charge < -0.3 is 5.11 Å². The molecule has 1 atom stereocenters. The lowest BCUT2D eigenvalue weighted by Gasteiger charge is -2.39. The lowest BCUT2D eigenvalue weighted by Crippen LogP contribution is -2.52. The molecule has 1 saturated heterocycles. The Morgan fingerprint density at radius 1 is 1.41 bits per heavy atom. The number of aromatic nitrogens is 2. The Morgan fingerprint density at radius 2 is 2.24 bits per heavy atom. The van der Waals surface area contributed by atoms with Crippen molar-refractivity contribution in [2.75, 3.05) is 32.8 Å². The van der Waals surface area contributed by atoms with Gasteiger partial charge in [0.1, 0.15) is 10.0 Å². The van der Waals surface area contributed by atoms with Gasteiger partial charge in [-0.15, -0.1) is 21.5 Å². The molecule has 0 radical (unpaired) electrons. The van der Waals surface area contributed by atoms with E-state index in [0.29, 0.717) is 6.04 Å². The summed E-state index contributed by atoms with van der Waals surface area (Å²) in [5, 5.41) is 19.3. The van der Waals surface area contributed by atoms with Gasteiger partial charge in [0, 0.05) is 32.2 Å². The zero-order valence-electron chi connectivity index (χ0n) is 10.5. The normalized spacial score (nSPS) is 23.1. The summed E-state index contributed by atoms with van der Waals surface area (Å²) in [6.07, 6.45) is 0. The van der Waals surface area contributed by atoms with Gasteiger partial charge in [0.15, 0.2) is 0 Å². The first-order chi connectivity index (χ1) is 8.19. The predicted octanol–water partition coefficient (Wildman–Crippen LogP) is 0.345. The largest absolute Gasteiger partial charge is 0.395 e. The monoisotopic (exact) mass is 256 g/mol. The van der Waals surface area contributed by atoms with Crippen molar-refractivity contribution in [2.24, 2.45) is 0 Å². The maximum Gasteiger partial charge on any atom is 0.131 e. The molecule has 1 fully saturated rings. The van der Waals surface area contributed by atoms with Crippen LogP contribution >= 0.6 is 11.3 Å². The summed E-state index contributed by atoms with van der Waals surface area (Å²) in [5.74, 6) is 0. The molecular formula is C11H20N4OS. The number of hydrogen-bond acceptors (Lipinski definition) is 6. The molecule has 1 aromatic heterocycles. The number of hydrogen-bond donors (Lipinski definition) is 1. The van der Waals surface area contributed by atoms with Gasteiger partial charge in [-0.1, -0.05) is 0 Å². The number of aryl methyl sites for hydroxylation is 1. The molecule has 1 aromatic rings. The van der Waals surface area contributed by atoms with Crippen molar-refractivity contribution in [2.45, 2.75) is 26.4 Å². The molecular weight excluding hydrogens is 236 g/mol. The Labute approximate surface area is 106 Å². The number of piperazine rings is 1. The van der Waals surface area contributed by atoms with Crippen molar-refractivity contribution in [3.05, 3.63) is 10.0 Å². The predicted molar refractivity (Wildman–Crippen MR) is 68.0 cm³/mol. The van der Waals surface area contributed by atoms with E-state index in [-0.39, 0.29) is 6.61 Å². The summed E-state index contributed by atoms with van der Waals surface area (Å²) in [6.45, 7) is 9.26. The van der Waals surface area contributed by atoms with Crippen molar-refractivity contribution < 1.29 is 5.11 Å². The number of aliphatic hydroxyl groups is 1. The smallest absolute Gasteiger partial charge is 0.131 e. The van der Waals surface area contributed by atoms with Gasteiger partial charge in [0.05, 0.1) is 13.2 Å². The lowest BCUT2D eigenvalue weighted by molar-refractivity contribution is 0.0646. The first-order valence-corrected chi connectivity index (χ1v) is 6.87. The van der Waals surface area contributed by atoms with Crippen LogP contribution in [0.5, 0.6) is 0 Å². The highest BCUT2D eigenvalue weighted by molar-refractivity contribution is 7.11. The fraction of sp³-hybridized carbons (Fsp3) is 0.818. The van der Waals surface area contributed by atoms with Crippen LogP contribution in [0.3, 0.4) is 0 Å². The molecule has 1 unspecified atom stereocenters. The molecule has 17 heavy (non-hydrogen) atoms. The first-order valence-electron chi connectivity index (χ1n) is 6.05. The van der Waals surface area contributed by atoms with Crippen LogP contribution in [-0.4, -0.2) is 63.9 Å². The third-order valence-corrected chi connectivity index (χ3v) is 3.99. The Hall–Kier alpha value is -0.560. The van der Waals surface area contributed by atoms with Crippen molar-refractivity contribution in [1.29, 1.82) is 0 Å². The molecule has 1 aliphatic rings. The van der Waals surface area contributed by atoms with E-state index >= 15 is 0 Å². The molecule has 0 spiro atoms. The average molecular weight is 256 g/mol. The fourth-order valence-corrected chi connectivity index (χ4v) is 3.02. The third-order valence-electron chi connectivity index (χ3n) is 3.16. The highest BCUT2D eigenvalue weighted by Crippen LogP contribution is 2.15. The molecule has 1 N–H and O–H groups in total. The van der Waals surface area contributed by atoms with E-state index in [1.165, 1.54) is 0 Å². The molecule has 0 saturated carbocycles. The maximum absolute atomic E-state index is 8.97. The molecule has 0 bridgehead atoms. The molecule has 0 amide bonds. The van der Waals surface area contributed by atoms with Crippen LogP contribution in [0.1, 0.15) is 16.9 Å². The van der Waals surface area contributed by atoms with Crippen LogP contribution in [0.15, 0.2) is 0 Å². The number of nitrogens with zero attached hydrogens (tertiary/aromatic N) is 4. The van der Waals surface area contributed by atoms with Crippen molar-refractivity contribution in [3.63, 3.8) is 0 Å². The van der Waals surface area contributed by atoms with E-state index in [1.807, 2.05) is 6.92 Å². The second-order valence-corrected chi connectivity index (χ2v) is 5.82. The minimum absolute atomic E-state index is 0.250. The minimum atomic E-state index is 0.250. The Bertz CT molecular complexity index is 357. The average Bonchev–Trinajstić information content (AvgIpc) is 2.68. The van der Waals surface area contributed by atoms with E-state index in [1.54, 1.807) is 11.3 Å². The van der Waals surface area contributed by atoms with Crippen molar-refractivity contribution >= 4 is 11.3 Å². The summed E-state index contributed by atoms with van der Waals surface area (Å²) in [7, 11) is 0. The molecule has 6 heteroatoms. The SMILES string of the molecule is Cc1nnc(CN2CCN(CCO)C(C)C2)s1. The van der Waals surface area contributed by atoms with E-state index in [0.717, 1.165) is 42.7 Å². The Balaban J connectivity index is 1.85. The third kappa shape index (κ3) is 3.45. The summed E-state index contributed by atoms with van der Waals surface area (Å²) < 4.78 is 0. The van der Waals surface area contributed by atoms with Gasteiger partial charge >= 0.3 is 0 Å². The molecule has 96 valence electrons. The fourth-order valence-electron chi connectivity index (χ4n) is 2.27. The van der Waals surface area contributed by atoms with Crippen molar-refractivity contribution in [3.8, 4) is 0 Å². The van der Waals surface area contributed by atoms with Gasteiger partial charge in [-0.05, 0) is 13.8 Å². The van der Waals surface area contributed by atoms with Crippen LogP contribution < -0.4 is 0 Å². The number of β-amino-alcohol motifs (C(OH)–C–C–N with tert-alkyl or cyclic N) is 1. The van der Waals surface area contributed by atoms with Gasteiger partial charge in [-0.2, -0.15) is 0 Å². The van der Waals surface area contributed by atoms with E-state index in [9.17, 15) is 0 Å². The first kappa shape index (κ1) is 12.9. The van der Waals surface area contributed by atoms with Crippen LogP contribution in [0.4, 0.5) is 0 Å². The second-order valence-electron chi connectivity index (χ2n) is 4.56. The van der Waals surface area contributed by atoms with E-state index in [2.05, 4.69) is 26.9 Å². The van der Waals surface area contributed by atoms with Crippen molar-refractivity contribution in [1.82, 2.24) is 20.0 Å². The summed E-state index contributed by atoms with van der Waals surface area (Å²) >= 11 is 1.68. The number of rotatable bonds is 4. The van der Waals surface area contributed by atoms with E-state index in [4.69, 9.17) is 5.11 Å². The maximum atomic E-state index is 8.97. The molecule has 1 aliphatic heterocycles. The van der Waals surface area contributed by atoms with Crippen LogP contribution in [-0.2, 0) is 6.54 Å². The number of aliphatic hydroxyl groups excluding tert-OH is 1. The zero-order chi connectivity index (χ0) is 12.3. The quantitative estimate of drug-likeness (QED) is 0.842. The lowest BCUT2D eigenvalue weighted by atomic mass is 10.2. The van der Waals surface area contributed by atoms with Gasteiger partial charge in [-0.25, -0.2) is 0 Å². The topological polar surface area (TPSA) is 52.5 Å². The van der Waals surface area contributed by atoms with Gasteiger partial charge in [0.2, 0.25) is 0 Å². The van der Waals surface area contributed by atoms with Crippen LogP contribution in [0, 0.1) is 6.92 Å². The Morgan fingerprint density at radius 3 is 2.82 bits per heavy atom. The van der Waals surface area contributed by atoms with Gasteiger partial charge in [-0.3, -0.25) is 9.80 Å². The molecule has 2 rings (SSSR count). The highest BCUT2D eigenvalue weighted by Gasteiger charge is 2.23. The summed E-state index contributed by atoms with van der Waals surface area (Å²) in [6, 6.07) is 0.505. The van der Waals surface area contributed by atoms with E-state index < -0.39 is 0 Å². The summed E-state index contributed by atoms with van der Waals surface area (Å²) in [4.78, 5) is 4.75. The summed E-state index contributed by atoms with van der Waals surface area (Å²) in [5.41, 5.74) is 0. The van der Waals surface area contributed by atoms with Crippen LogP contribution in [0.25, 0.3) is 0 Å². The Kier molecular flexibility index (Phi) is 4.44. The minimum Gasteiger partial charge on any atom is -0.395 e. The zero-order valence-corrected chi connectivity index (χ0v) is 11.3. The van der Waals surface area contributed by atoms with Crippen LogP contribution in [0.2, 0.25) is 0 Å².